The van der Waals surface area contributed by atoms with Crippen LogP contribution < -0.4 is 9.64 Å². The van der Waals surface area contributed by atoms with Crippen LogP contribution in [-0.2, 0) is 4.79 Å². The molecule has 1 aliphatic rings. The summed E-state index contributed by atoms with van der Waals surface area (Å²) >= 11 is 7.42. The maximum absolute atomic E-state index is 12.6. The molecule has 6 nitrogen and oxygen atoms in total. The molecule has 0 saturated carbocycles. The van der Waals surface area contributed by atoms with E-state index in [4.69, 9.17) is 16.3 Å². The summed E-state index contributed by atoms with van der Waals surface area (Å²) in [6.45, 7) is 0. The Balaban J connectivity index is 1.54. The van der Waals surface area contributed by atoms with Gasteiger partial charge in [-0.15, -0.1) is 5.10 Å². The van der Waals surface area contributed by atoms with E-state index < -0.39 is 0 Å². The summed E-state index contributed by atoms with van der Waals surface area (Å²) < 4.78 is 5.43. The molecule has 3 aromatic carbocycles. The van der Waals surface area contributed by atoms with Gasteiger partial charge in [-0.2, -0.15) is 5.10 Å². The lowest BCUT2D eigenvalue weighted by Crippen LogP contribution is -2.29. The number of fused-ring (bicyclic) bond motifs is 1. The van der Waals surface area contributed by atoms with Crippen LogP contribution in [0.5, 0.6) is 5.75 Å². The molecule has 1 saturated heterocycles. The fourth-order valence-corrected chi connectivity index (χ4v) is 4.71. The van der Waals surface area contributed by atoms with Gasteiger partial charge in [0.25, 0.3) is 0 Å². The molecule has 1 aromatic heterocycles. The molecule has 0 unspecified atom stereocenters. The molecule has 1 fully saturated rings. The number of aromatic nitrogens is 1. The van der Waals surface area contributed by atoms with E-state index >= 15 is 0 Å². The summed E-state index contributed by atoms with van der Waals surface area (Å²) in [5, 5.41) is 11.0. The number of carbonyl (C=O) groups excluding carboxylic acids is 1. The van der Waals surface area contributed by atoms with Crippen molar-refractivity contribution in [3.8, 4) is 17.0 Å². The van der Waals surface area contributed by atoms with Crippen LogP contribution in [0.15, 0.2) is 83.0 Å². The smallest absolute Gasteiger partial charge is 0.243 e. The number of ether oxygens (including phenoxy) is 1. The minimum Gasteiger partial charge on any atom is -0.495 e. The third kappa shape index (κ3) is 4.13. The highest BCUT2D eigenvalue weighted by Gasteiger charge is 2.31. The molecule has 33 heavy (non-hydrogen) atoms. The van der Waals surface area contributed by atoms with Crippen LogP contribution in [0.4, 0.5) is 5.69 Å². The third-order valence-electron chi connectivity index (χ3n) is 5.30. The van der Waals surface area contributed by atoms with Crippen LogP contribution in [0.3, 0.4) is 0 Å². The van der Waals surface area contributed by atoms with Crippen molar-refractivity contribution in [3.63, 3.8) is 0 Å². The predicted octanol–water partition coefficient (Wildman–Crippen LogP) is 5.97. The number of nitrogens with zero attached hydrogens (tertiary/aromatic N) is 3. The number of rotatable bonds is 5. The average molecular weight is 475 g/mol. The predicted molar refractivity (Wildman–Crippen MR) is 137 cm³/mol. The molecule has 0 aliphatic carbocycles. The zero-order valence-electron chi connectivity index (χ0n) is 17.7. The van der Waals surface area contributed by atoms with Crippen LogP contribution in [0.2, 0.25) is 5.02 Å². The molecule has 0 spiro atoms. The van der Waals surface area contributed by atoms with E-state index in [1.165, 1.54) is 11.8 Å². The highest BCUT2D eigenvalue weighted by molar-refractivity contribution is 8.15. The standard InChI is InChI=1S/C25H19ClN4O2S/c1-32-22-9-5-4-8-21(22)30-23(31)15-33-25(30)29-27-14-19-18-6-2-3-7-20(18)28-24(19)16-10-12-17(26)13-11-16/h2-14,28H,15H2,1H3/b27-14-,29-25?. The van der Waals surface area contributed by atoms with E-state index in [9.17, 15) is 4.79 Å². The molecule has 0 bridgehead atoms. The Labute approximate surface area is 199 Å². The molecule has 4 aromatic rings. The highest BCUT2D eigenvalue weighted by atomic mass is 35.5. The first-order valence-electron chi connectivity index (χ1n) is 10.2. The number of hydrogen-bond acceptors (Lipinski definition) is 5. The highest BCUT2D eigenvalue weighted by Crippen LogP contribution is 2.34. The number of aromatic amines is 1. The number of carbonyl (C=O) groups is 1. The number of amidine groups is 1. The molecule has 1 N–H and O–H groups in total. The Morgan fingerprint density at radius 2 is 1.82 bits per heavy atom. The topological polar surface area (TPSA) is 70.0 Å². The first-order valence-corrected chi connectivity index (χ1v) is 11.6. The van der Waals surface area contributed by atoms with Gasteiger partial charge in [0.2, 0.25) is 5.91 Å². The van der Waals surface area contributed by atoms with Crippen LogP contribution >= 0.6 is 23.4 Å². The molecule has 2 heterocycles. The Morgan fingerprint density at radius 3 is 2.64 bits per heavy atom. The summed E-state index contributed by atoms with van der Waals surface area (Å²) in [7, 11) is 1.58. The van der Waals surface area contributed by atoms with Crippen molar-refractivity contribution in [3.05, 3.63) is 83.4 Å². The fourth-order valence-electron chi connectivity index (χ4n) is 3.77. The van der Waals surface area contributed by atoms with Gasteiger partial charge in [-0.1, -0.05) is 65.8 Å². The second-order valence-electron chi connectivity index (χ2n) is 7.28. The normalized spacial score (nSPS) is 15.3. The zero-order chi connectivity index (χ0) is 22.8. The lowest BCUT2D eigenvalue weighted by atomic mass is 10.1. The summed E-state index contributed by atoms with van der Waals surface area (Å²) in [6, 6.07) is 23.0. The Bertz CT molecular complexity index is 1400. The van der Waals surface area contributed by atoms with Crippen LogP contribution in [0.25, 0.3) is 22.2 Å². The van der Waals surface area contributed by atoms with E-state index in [0.29, 0.717) is 27.4 Å². The first-order chi connectivity index (χ1) is 16.2. The number of nitrogens with one attached hydrogen (secondary N) is 1. The van der Waals surface area contributed by atoms with E-state index in [0.717, 1.165) is 27.7 Å². The number of H-pyrrole nitrogens is 1. The number of thioether (sulfide) groups is 1. The Kier molecular flexibility index (Phi) is 5.90. The first kappa shape index (κ1) is 21.3. The second-order valence-corrected chi connectivity index (χ2v) is 8.66. The maximum atomic E-state index is 12.6. The third-order valence-corrected chi connectivity index (χ3v) is 6.47. The molecular weight excluding hydrogens is 456 g/mol. The number of hydrogen-bond donors (Lipinski definition) is 1. The summed E-state index contributed by atoms with van der Waals surface area (Å²) in [4.78, 5) is 17.6. The van der Waals surface area contributed by atoms with Gasteiger partial charge in [0.15, 0.2) is 5.17 Å². The van der Waals surface area contributed by atoms with Crippen LogP contribution in [0.1, 0.15) is 5.56 Å². The van der Waals surface area contributed by atoms with Crippen molar-refractivity contribution in [2.45, 2.75) is 0 Å². The molecule has 0 radical (unpaired) electrons. The molecule has 5 rings (SSSR count). The van der Waals surface area contributed by atoms with Gasteiger partial charge in [-0.25, -0.2) is 0 Å². The average Bonchev–Trinajstić information content (AvgIpc) is 3.40. The zero-order valence-corrected chi connectivity index (χ0v) is 19.2. The van der Waals surface area contributed by atoms with Gasteiger partial charge in [-0.05, 0) is 35.9 Å². The van der Waals surface area contributed by atoms with Crippen molar-refractivity contribution >= 4 is 57.2 Å². The molecule has 8 heteroatoms. The molecule has 164 valence electrons. The van der Waals surface area contributed by atoms with E-state index in [2.05, 4.69) is 15.2 Å². The van der Waals surface area contributed by atoms with Crippen LogP contribution in [0, 0.1) is 0 Å². The number of benzene rings is 3. The van der Waals surface area contributed by atoms with Crippen molar-refractivity contribution in [2.24, 2.45) is 10.2 Å². The largest absolute Gasteiger partial charge is 0.495 e. The minimum absolute atomic E-state index is 0.0626. The monoisotopic (exact) mass is 474 g/mol. The fraction of sp³-hybridized carbons (Fsp3) is 0.0800. The van der Waals surface area contributed by atoms with Crippen molar-refractivity contribution < 1.29 is 9.53 Å². The molecule has 0 atom stereocenters. The second kappa shape index (κ2) is 9.13. The number of methoxy groups -OCH3 is 1. The van der Waals surface area contributed by atoms with Gasteiger partial charge < -0.3 is 9.72 Å². The molecule has 1 amide bonds. The van der Waals surface area contributed by atoms with Crippen molar-refractivity contribution in [1.82, 2.24) is 4.98 Å². The quantitative estimate of drug-likeness (QED) is 0.286. The van der Waals surface area contributed by atoms with Gasteiger partial charge in [0.1, 0.15) is 5.75 Å². The number of amides is 1. The van der Waals surface area contributed by atoms with Gasteiger partial charge in [-0.3, -0.25) is 9.69 Å². The lowest BCUT2D eigenvalue weighted by molar-refractivity contribution is -0.115. The Hall–Kier alpha value is -3.55. The number of halogens is 1. The summed E-state index contributed by atoms with van der Waals surface area (Å²) in [6.07, 6.45) is 1.72. The molecular formula is C25H19ClN4O2S. The van der Waals surface area contributed by atoms with Crippen molar-refractivity contribution in [2.75, 3.05) is 17.8 Å². The van der Waals surface area contributed by atoms with Crippen LogP contribution in [-0.4, -0.2) is 35.1 Å². The van der Waals surface area contributed by atoms with Gasteiger partial charge in [0, 0.05) is 21.5 Å². The maximum Gasteiger partial charge on any atom is 0.243 e. The van der Waals surface area contributed by atoms with Crippen molar-refractivity contribution in [1.29, 1.82) is 0 Å². The lowest BCUT2D eigenvalue weighted by Gasteiger charge is -2.17. The van der Waals surface area contributed by atoms with E-state index in [1.54, 1.807) is 18.2 Å². The minimum atomic E-state index is -0.0626. The van der Waals surface area contributed by atoms with Gasteiger partial charge in [0.05, 0.1) is 30.5 Å². The number of para-hydroxylation sites is 3. The Morgan fingerprint density at radius 1 is 1.06 bits per heavy atom. The summed E-state index contributed by atoms with van der Waals surface area (Å²) in [5.74, 6) is 0.842. The van der Waals surface area contributed by atoms with E-state index in [1.807, 2.05) is 72.8 Å². The van der Waals surface area contributed by atoms with E-state index in [-0.39, 0.29) is 5.91 Å². The summed E-state index contributed by atoms with van der Waals surface area (Å²) in [5.41, 5.74) is 4.48. The van der Waals surface area contributed by atoms with Gasteiger partial charge >= 0.3 is 0 Å². The SMILES string of the molecule is COc1ccccc1N1C(=O)CSC1=N/N=C\c1c(-c2ccc(Cl)cc2)[nH]c2ccccc12. The number of anilines is 1. The molecule has 1 aliphatic heterocycles.